The van der Waals surface area contributed by atoms with E-state index in [1.807, 2.05) is 29.2 Å². The summed E-state index contributed by atoms with van der Waals surface area (Å²) < 4.78 is 35.5. The van der Waals surface area contributed by atoms with Gasteiger partial charge in [0.15, 0.2) is 5.84 Å². The third kappa shape index (κ3) is 4.21. The Hall–Kier alpha value is -3.66. The van der Waals surface area contributed by atoms with Crippen molar-refractivity contribution in [3.8, 4) is 5.75 Å². The van der Waals surface area contributed by atoms with Gasteiger partial charge in [-0.05, 0) is 37.1 Å². The first-order chi connectivity index (χ1) is 15.9. The Bertz CT molecular complexity index is 1370. The van der Waals surface area contributed by atoms with Crippen molar-refractivity contribution in [3.63, 3.8) is 0 Å². The SMILES string of the molecule is NC1=NS(=O)(=O)Nc2cccc(OC[C@H]3CCCN(C(=O)c4ccnc5ccccc45)C3)c21. The molecule has 2 aliphatic rings. The Labute approximate surface area is 191 Å². The van der Waals surface area contributed by atoms with E-state index in [0.29, 0.717) is 42.3 Å². The third-order valence-corrected chi connectivity index (χ3v) is 6.81. The van der Waals surface area contributed by atoms with Gasteiger partial charge in [-0.15, -0.1) is 4.40 Å². The van der Waals surface area contributed by atoms with Crippen LogP contribution in [0.4, 0.5) is 5.69 Å². The van der Waals surface area contributed by atoms with Crippen LogP contribution in [0.3, 0.4) is 0 Å². The number of aromatic nitrogens is 1. The number of likely N-dealkylation sites (tertiary alicyclic amines) is 1. The number of carbonyl (C=O) groups excluding carboxylic acids is 1. The molecule has 0 bridgehead atoms. The summed E-state index contributed by atoms with van der Waals surface area (Å²) in [5, 5.41) is 0.844. The number of rotatable bonds is 4. The van der Waals surface area contributed by atoms with Gasteiger partial charge in [0.25, 0.3) is 5.91 Å². The fourth-order valence-corrected chi connectivity index (χ4v) is 5.23. The van der Waals surface area contributed by atoms with Gasteiger partial charge in [-0.25, -0.2) is 0 Å². The Morgan fingerprint density at radius 2 is 2.03 bits per heavy atom. The van der Waals surface area contributed by atoms with Crippen molar-refractivity contribution in [1.82, 2.24) is 9.88 Å². The topological polar surface area (TPSA) is 127 Å². The van der Waals surface area contributed by atoms with Crippen LogP contribution in [0.25, 0.3) is 10.9 Å². The number of benzene rings is 2. The first-order valence-electron chi connectivity index (χ1n) is 10.7. The molecule has 10 heteroatoms. The summed E-state index contributed by atoms with van der Waals surface area (Å²) in [4.78, 5) is 19.5. The van der Waals surface area contributed by atoms with Crippen LogP contribution in [0, 0.1) is 5.92 Å². The van der Waals surface area contributed by atoms with Crippen LogP contribution in [-0.2, 0) is 10.2 Å². The zero-order chi connectivity index (χ0) is 23.0. The molecule has 1 amide bonds. The minimum Gasteiger partial charge on any atom is -0.492 e. The maximum atomic E-state index is 13.3. The number of anilines is 1. The van der Waals surface area contributed by atoms with Crippen LogP contribution in [-0.4, -0.2) is 49.7 Å². The van der Waals surface area contributed by atoms with Crippen LogP contribution in [0.1, 0.15) is 28.8 Å². The number of nitrogens with zero attached hydrogens (tertiary/aromatic N) is 3. The molecule has 2 aromatic carbocycles. The van der Waals surface area contributed by atoms with Gasteiger partial charge < -0.3 is 15.4 Å². The maximum Gasteiger partial charge on any atom is 0.344 e. The highest BCUT2D eigenvalue weighted by atomic mass is 32.2. The van der Waals surface area contributed by atoms with Crippen LogP contribution < -0.4 is 15.2 Å². The van der Waals surface area contributed by atoms with Gasteiger partial charge in [0.2, 0.25) is 0 Å². The molecule has 1 atom stereocenters. The zero-order valence-corrected chi connectivity index (χ0v) is 18.6. The molecule has 3 N–H and O–H groups in total. The first kappa shape index (κ1) is 21.2. The number of pyridine rings is 1. The number of ether oxygens (including phenoxy) is 1. The lowest BCUT2D eigenvalue weighted by Gasteiger charge is -2.33. The van der Waals surface area contributed by atoms with Gasteiger partial charge in [-0.1, -0.05) is 24.3 Å². The van der Waals surface area contributed by atoms with E-state index in [9.17, 15) is 13.2 Å². The number of hydrogen-bond acceptors (Lipinski definition) is 6. The van der Waals surface area contributed by atoms with Crippen molar-refractivity contribution in [1.29, 1.82) is 0 Å². The molecule has 0 spiro atoms. The number of piperidine rings is 1. The molecule has 0 aliphatic carbocycles. The van der Waals surface area contributed by atoms with Crippen molar-refractivity contribution in [2.24, 2.45) is 16.0 Å². The van der Waals surface area contributed by atoms with Gasteiger partial charge in [0, 0.05) is 30.6 Å². The molecule has 0 unspecified atom stereocenters. The van der Waals surface area contributed by atoms with Gasteiger partial charge in [-0.2, -0.15) is 8.42 Å². The largest absolute Gasteiger partial charge is 0.492 e. The molecule has 5 rings (SSSR count). The minimum atomic E-state index is -3.85. The van der Waals surface area contributed by atoms with Crippen molar-refractivity contribution in [2.45, 2.75) is 12.8 Å². The maximum absolute atomic E-state index is 13.3. The molecule has 3 heterocycles. The first-order valence-corrected chi connectivity index (χ1v) is 12.1. The number of carbonyl (C=O) groups is 1. The molecular formula is C23H23N5O4S. The molecular weight excluding hydrogens is 442 g/mol. The molecule has 170 valence electrons. The summed E-state index contributed by atoms with van der Waals surface area (Å²) in [6.07, 6.45) is 3.46. The van der Waals surface area contributed by atoms with Crippen LogP contribution in [0.5, 0.6) is 5.75 Å². The number of amidine groups is 1. The number of fused-ring (bicyclic) bond motifs is 2. The molecule has 33 heavy (non-hydrogen) atoms. The van der Waals surface area contributed by atoms with E-state index >= 15 is 0 Å². The second kappa shape index (κ2) is 8.36. The second-order valence-corrected chi connectivity index (χ2v) is 9.52. The highest BCUT2D eigenvalue weighted by Crippen LogP contribution is 2.31. The summed E-state index contributed by atoms with van der Waals surface area (Å²) in [7, 11) is -3.85. The van der Waals surface area contributed by atoms with E-state index < -0.39 is 10.2 Å². The Balaban J connectivity index is 1.31. The Kier molecular flexibility index (Phi) is 5.37. The smallest absolute Gasteiger partial charge is 0.344 e. The number of hydrogen-bond donors (Lipinski definition) is 2. The number of para-hydroxylation sites is 1. The predicted octanol–water partition coefficient (Wildman–Crippen LogP) is 2.54. The predicted molar refractivity (Wildman–Crippen MR) is 126 cm³/mol. The highest BCUT2D eigenvalue weighted by molar-refractivity contribution is 7.91. The second-order valence-electron chi connectivity index (χ2n) is 8.18. The lowest BCUT2D eigenvalue weighted by atomic mass is 9.97. The summed E-state index contributed by atoms with van der Waals surface area (Å²) in [6, 6.07) is 14.4. The van der Waals surface area contributed by atoms with Crippen LogP contribution >= 0.6 is 0 Å². The van der Waals surface area contributed by atoms with Crippen molar-refractivity contribution in [3.05, 3.63) is 65.9 Å². The van der Waals surface area contributed by atoms with E-state index in [0.717, 1.165) is 23.7 Å². The molecule has 9 nitrogen and oxygen atoms in total. The van der Waals surface area contributed by atoms with Crippen molar-refractivity contribution < 1.29 is 17.9 Å². The zero-order valence-electron chi connectivity index (χ0n) is 17.8. The van der Waals surface area contributed by atoms with E-state index in [1.165, 1.54) is 0 Å². The summed E-state index contributed by atoms with van der Waals surface area (Å²) >= 11 is 0. The third-order valence-electron chi connectivity index (χ3n) is 5.90. The molecule has 0 radical (unpaired) electrons. The van der Waals surface area contributed by atoms with Crippen molar-refractivity contribution in [2.75, 3.05) is 24.4 Å². The number of amides is 1. The lowest BCUT2D eigenvalue weighted by molar-refractivity contribution is 0.0635. The van der Waals surface area contributed by atoms with Gasteiger partial charge in [0.05, 0.1) is 28.9 Å². The molecule has 2 aliphatic heterocycles. The molecule has 1 fully saturated rings. The van der Waals surface area contributed by atoms with Crippen LogP contribution in [0.15, 0.2) is 59.1 Å². The summed E-state index contributed by atoms with van der Waals surface area (Å²) in [6.45, 7) is 1.63. The summed E-state index contributed by atoms with van der Waals surface area (Å²) in [5.41, 5.74) is 8.11. The molecule has 1 saturated heterocycles. The lowest BCUT2D eigenvalue weighted by Crippen LogP contribution is -2.41. The van der Waals surface area contributed by atoms with Crippen molar-refractivity contribution >= 4 is 38.5 Å². The molecule has 1 aromatic heterocycles. The van der Waals surface area contributed by atoms with Gasteiger partial charge in [-0.3, -0.25) is 14.5 Å². The highest BCUT2D eigenvalue weighted by Gasteiger charge is 2.28. The standard InChI is InChI=1S/C23H23N5O4S/c24-22-21-19(26-33(30,31)27-22)8-3-9-20(21)32-14-15-5-4-12-28(13-15)23(29)17-10-11-25-18-7-2-1-6-16(17)18/h1-3,6-11,15,26H,4-5,12-14H2,(H2,24,27)/t15-/m0/s1. The molecule has 3 aromatic rings. The Morgan fingerprint density at radius 3 is 2.91 bits per heavy atom. The Morgan fingerprint density at radius 1 is 1.18 bits per heavy atom. The van der Waals surface area contributed by atoms with Crippen LogP contribution in [0.2, 0.25) is 0 Å². The normalized spacial score (nSPS) is 19.3. The fraction of sp³-hybridized carbons (Fsp3) is 0.261. The average molecular weight is 466 g/mol. The van der Waals surface area contributed by atoms with Gasteiger partial charge in [0.1, 0.15) is 5.75 Å². The van der Waals surface area contributed by atoms with E-state index in [-0.39, 0.29) is 17.7 Å². The minimum absolute atomic E-state index is 0.0128. The summed E-state index contributed by atoms with van der Waals surface area (Å²) in [5.74, 6) is 0.468. The monoisotopic (exact) mass is 465 g/mol. The fourth-order valence-electron chi connectivity index (χ4n) is 4.38. The average Bonchev–Trinajstić information content (AvgIpc) is 2.81. The number of nitrogens with one attached hydrogen (secondary N) is 1. The quantitative estimate of drug-likeness (QED) is 0.610. The van der Waals surface area contributed by atoms with E-state index in [2.05, 4.69) is 14.1 Å². The van der Waals surface area contributed by atoms with E-state index in [4.69, 9.17) is 10.5 Å². The van der Waals surface area contributed by atoms with Gasteiger partial charge >= 0.3 is 10.2 Å². The molecule has 0 saturated carbocycles. The number of nitrogens with two attached hydrogens (primary N) is 1. The van der Waals surface area contributed by atoms with E-state index in [1.54, 1.807) is 30.5 Å².